The Labute approximate surface area is 109 Å². The van der Waals surface area contributed by atoms with E-state index in [1.807, 2.05) is 18.2 Å². The van der Waals surface area contributed by atoms with E-state index >= 15 is 0 Å². The van der Waals surface area contributed by atoms with Crippen molar-refractivity contribution in [3.05, 3.63) is 41.7 Å². The minimum absolute atomic E-state index is 0.118. The molecule has 0 fully saturated rings. The first-order valence-corrected chi connectivity index (χ1v) is 5.61. The largest absolute Gasteiger partial charge is 0.462 e. The van der Waals surface area contributed by atoms with Gasteiger partial charge in [0.2, 0.25) is 5.82 Å². The highest BCUT2D eigenvalue weighted by Gasteiger charge is 2.26. The Morgan fingerprint density at radius 1 is 1.47 bits per heavy atom. The predicted octanol–water partition coefficient (Wildman–Crippen LogP) is 1.68. The summed E-state index contributed by atoms with van der Waals surface area (Å²) in [5, 5.41) is 17.9. The topological polar surface area (TPSA) is 90.1 Å². The summed E-state index contributed by atoms with van der Waals surface area (Å²) in [6.07, 6.45) is 0. The molecular weight excluding hydrogens is 246 g/mol. The Kier molecular flexibility index (Phi) is 3.73. The number of anilines is 1. The van der Waals surface area contributed by atoms with E-state index in [1.165, 1.54) is 5.01 Å². The molecule has 0 saturated carbocycles. The Morgan fingerprint density at radius 2 is 2.21 bits per heavy atom. The molecule has 0 spiro atoms. The number of hydrazine groups is 1. The van der Waals surface area contributed by atoms with Gasteiger partial charge in [0.1, 0.15) is 6.07 Å². The van der Waals surface area contributed by atoms with Crippen molar-refractivity contribution in [1.82, 2.24) is 5.53 Å². The zero-order valence-corrected chi connectivity index (χ0v) is 10.2. The number of hydrogen-bond donors (Lipinski definition) is 1. The van der Waals surface area contributed by atoms with E-state index < -0.39 is 5.97 Å². The lowest BCUT2D eigenvalue weighted by Crippen LogP contribution is -2.30. The van der Waals surface area contributed by atoms with E-state index in [-0.39, 0.29) is 18.0 Å². The smallest absolute Gasteiger partial charge is 0.352 e. The zero-order valence-electron chi connectivity index (χ0n) is 10.2. The Bertz CT molecular complexity index is 574. The van der Waals surface area contributed by atoms with Gasteiger partial charge in [-0.3, -0.25) is 0 Å². The molecule has 0 amide bonds. The number of carbonyl (C=O) groups is 1. The first-order valence-electron chi connectivity index (χ1n) is 5.61. The zero-order chi connectivity index (χ0) is 13.7. The van der Waals surface area contributed by atoms with Crippen molar-refractivity contribution < 1.29 is 9.53 Å². The summed E-state index contributed by atoms with van der Waals surface area (Å²) in [6, 6.07) is 10.9. The molecule has 1 aliphatic rings. The predicted molar refractivity (Wildman–Crippen MR) is 66.2 cm³/mol. The van der Waals surface area contributed by atoms with Gasteiger partial charge in [0, 0.05) is 0 Å². The summed E-state index contributed by atoms with van der Waals surface area (Å²) >= 11 is 0. The van der Waals surface area contributed by atoms with Crippen LogP contribution in [0.4, 0.5) is 5.69 Å². The Morgan fingerprint density at radius 3 is 2.84 bits per heavy atom. The van der Waals surface area contributed by atoms with Gasteiger partial charge in [0.25, 0.3) is 0 Å². The fourth-order valence-electron chi connectivity index (χ4n) is 1.52. The van der Waals surface area contributed by atoms with Crippen LogP contribution in [0, 0.1) is 11.3 Å². The number of nitrogens with zero attached hydrogens (tertiary/aromatic N) is 4. The van der Waals surface area contributed by atoms with E-state index in [0.29, 0.717) is 5.69 Å². The van der Waals surface area contributed by atoms with Crippen molar-refractivity contribution in [3.8, 4) is 6.07 Å². The highest BCUT2D eigenvalue weighted by Crippen LogP contribution is 2.23. The highest BCUT2D eigenvalue weighted by molar-refractivity contribution is 5.94. The van der Waals surface area contributed by atoms with Crippen molar-refractivity contribution in [2.24, 2.45) is 10.3 Å². The van der Waals surface area contributed by atoms with Crippen LogP contribution in [0.5, 0.6) is 0 Å². The van der Waals surface area contributed by atoms with Crippen LogP contribution in [0.15, 0.2) is 52.1 Å². The van der Waals surface area contributed by atoms with Crippen LogP contribution in [-0.4, -0.2) is 12.6 Å². The number of benzene rings is 1. The van der Waals surface area contributed by atoms with Crippen LogP contribution in [0.2, 0.25) is 0 Å². The molecule has 0 aromatic heterocycles. The number of nitriles is 1. The fraction of sp³-hybridized carbons (Fsp3) is 0.167. The van der Waals surface area contributed by atoms with E-state index in [4.69, 9.17) is 10.00 Å². The monoisotopic (exact) mass is 257 g/mol. The number of carbonyl (C=O) groups excluding carboxylic acids is 1. The molecule has 7 nitrogen and oxygen atoms in total. The first kappa shape index (κ1) is 12.6. The molecule has 96 valence electrons. The molecule has 0 saturated heterocycles. The number of esters is 1. The third kappa shape index (κ3) is 2.52. The van der Waals surface area contributed by atoms with E-state index in [9.17, 15) is 4.79 Å². The third-order valence-corrected chi connectivity index (χ3v) is 2.33. The molecule has 19 heavy (non-hydrogen) atoms. The molecule has 1 aromatic carbocycles. The van der Waals surface area contributed by atoms with Crippen LogP contribution >= 0.6 is 0 Å². The molecule has 0 bridgehead atoms. The molecule has 0 radical (unpaired) electrons. The molecule has 0 atom stereocenters. The summed E-state index contributed by atoms with van der Waals surface area (Å²) < 4.78 is 4.82. The summed E-state index contributed by atoms with van der Waals surface area (Å²) in [4.78, 5) is 11.7. The average Bonchev–Trinajstić information content (AvgIpc) is 2.90. The Hall–Kier alpha value is -2.88. The molecule has 1 N–H and O–H groups in total. The normalized spacial score (nSPS) is 15.7. The summed E-state index contributed by atoms with van der Waals surface area (Å²) in [5.74, 6) is -0.601. The lowest BCUT2D eigenvalue weighted by atomic mass is 10.2. The molecule has 1 heterocycles. The van der Waals surface area contributed by atoms with E-state index in [1.54, 1.807) is 25.1 Å². The first-order chi connectivity index (χ1) is 9.27. The minimum Gasteiger partial charge on any atom is -0.462 e. The van der Waals surface area contributed by atoms with Gasteiger partial charge in [-0.1, -0.05) is 23.4 Å². The van der Waals surface area contributed by atoms with Crippen molar-refractivity contribution >= 4 is 11.7 Å². The van der Waals surface area contributed by atoms with Crippen LogP contribution in [-0.2, 0) is 9.53 Å². The average molecular weight is 257 g/mol. The standard InChI is InChI=1S/C12H11N5O2/c1-2-19-12(18)10(8-13)11-14-15-16-17(11)9-6-4-3-5-7-9/h3-7H,2H2,1H3,(H,14,16)/b11-10+. The third-order valence-electron chi connectivity index (χ3n) is 2.33. The minimum atomic E-state index is -0.719. The second-order valence-corrected chi connectivity index (χ2v) is 3.50. The number of ether oxygens (including phenoxy) is 1. The van der Waals surface area contributed by atoms with Crippen molar-refractivity contribution in [3.63, 3.8) is 0 Å². The number of nitrogens with one attached hydrogen (secondary N) is 1. The maximum Gasteiger partial charge on any atom is 0.352 e. The van der Waals surface area contributed by atoms with Gasteiger partial charge in [0.15, 0.2) is 5.57 Å². The van der Waals surface area contributed by atoms with Crippen LogP contribution < -0.4 is 10.5 Å². The molecule has 1 aromatic rings. The summed E-state index contributed by atoms with van der Waals surface area (Å²) in [5.41, 5.74) is 3.12. The van der Waals surface area contributed by atoms with Crippen molar-refractivity contribution in [2.45, 2.75) is 6.92 Å². The van der Waals surface area contributed by atoms with Gasteiger partial charge in [-0.05, 0) is 19.1 Å². The number of hydrogen-bond acceptors (Lipinski definition) is 7. The second kappa shape index (κ2) is 5.64. The van der Waals surface area contributed by atoms with Crippen molar-refractivity contribution in [2.75, 3.05) is 11.6 Å². The molecular formula is C12H11N5O2. The molecule has 2 rings (SSSR count). The molecule has 0 unspecified atom stereocenters. The van der Waals surface area contributed by atoms with Gasteiger partial charge in [-0.2, -0.15) is 10.8 Å². The highest BCUT2D eigenvalue weighted by atomic mass is 16.5. The number of para-hydroxylation sites is 1. The maximum atomic E-state index is 11.7. The van der Waals surface area contributed by atoms with E-state index in [2.05, 4.69) is 15.9 Å². The summed E-state index contributed by atoms with van der Waals surface area (Å²) in [6.45, 7) is 1.86. The molecule has 7 heteroatoms. The fourth-order valence-corrected chi connectivity index (χ4v) is 1.52. The van der Waals surface area contributed by atoms with Gasteiger partial charge >= 0.3 is 5.97 Å². The van der Waals surface area contributed by atoms with Crippen molar-refractivity contribution in [1.29, 1.82) is 5.26 Å². The van der Waals surface area contributed by atoms with E-state index in [0.717, 1.165) is 0 Å². The van der Waals surface area contributed by atoms with Crippen LogP contribution in [0.25, 0.3) is 0 Å². The number of rotatable bonds is 3. The SMILES string of the molecule is CCOC(=O)/C(C#N)=C1\N=NNN1c1ccccc1. The maximum absolute atomic E-state index is 11.7. The van der Waals surface area contributed by atoms with Gasteiger partial charge in [0.05, 0.1) is 12.3 Å². The van der Waals surface area contributed by atoms with Gasteiger partial charge < -0.3 is 4.74 Å². The quantitative estimate of drug-likeness (QED) is 0.505. The lowest BCUT2D eigenvalue weighted by molar-refractivity contribution is -0.138. The van der Waals surface area contributed by atoms with Gasteiger partial charge in [-0.25, -0.2) is 9.80 Å². The Balaban J connectivity index is 2.39. The molecule has 1 aliphatic heterocycles. The van der Waals surface area contributed by atoms with Crippen LogP contribution in [0.3, 0.4) is 0 Å². The lowest BCUT2D eigenvalue weighted by Gasteiger charge is -2.17. The summed E-state index contributed by atoms with van der Waals surface area (Å²) in [7, 11) is 0. The van der Waals surface area contributed by atoms with Gasteiger partial charge in [-0.15, -0.1) is 5.11 Å². The second-order valence-electron chi connectivity index (χ2n) is 3.50. The van der Waals surface area contributed by atoms with Crippen LogP contribution in [0.1, 0.15) is 6.92 Å². The molecule has 0 aliphatic carbocycles.